The third-order valence-electron chi connectivity index (χ3n) is 2.19. The molecule has 0 aliphatic heterocycles. The van der Waals surface area contributed by atoms with Crippen LogP contribution in [0.1, 0.15) is 0 Å². The summed E-state index contributed by atoms with van der Waals surface area (Å²) in [6, 6.07) is 5.49. The monoisotopic (exact) mass is 250 g/mol. The van der Waals surface area contributed by atoms with Gasteiger partial charge in [-0.05, 0) is 12.1 Å². The van der Waals surface area contributed by atoms with Crippen molar-refractivity contribution in [2.75, 3.05) is 0 Å². The van der Waals surface area contributed by atoms with Crippen LogP contribution in [0, 0.1) is 0 Å². The van der Waals surface area contributed by atoms with Crippen LogP contribution in [0.4, 0.5) is 0 Å². The fraction of sp³-hybridized carbons (Fsp3) is 0. The van der Waals surface area contributed by atoms with E-state index in [0.717, 1.165) is 18.2 Å². The highest BCUT2D eigenvalue weighted by Crippen LogP contribution is 2.44. The van der Waals surface area contributed by atoms with Crippen molar-refractivity contribution in [1.29, 1.82) is 0 Å². The average Bonchev–Trinajstić information content (AvgIpc) is 2.28. The highest BCUT2D eigenvalue weighted by atomic mass is 16.5. The van der Waals surface area contributed by atoms with Crippen LogP contribution >= 0.6 is 0 Å². The fourth-order valence-corrected chi connectivity index (χ4v) is 1.38. The van der Waals surface area contributed by atoms with E-state index in [0.29, 0.717) is 0 Å². The Bertz CT molecular complexity index is 570. The largest absolute Gasteiger partial charge is 0.508 e. The SMILES string of the molecule is Oc1cc(O)c(Oc2cc(O)ccc2O)c(O)c1. The highest BCUT2D eigenvalue weighted by Gasteiger charge is 2.14. The van der Waals surface area contributed by atoms with Gasteiger partial charge in [0.2, 0.25) is 5.75 Å². The van der Waals surface area contributed by atoms with Gasteiger partial charge in [0.1, 0.15) is 11.5 Å². The molecule has 0 aliphatic carbocycles. The number of rotatable bonds is 2. The molecule has 0 fully saturated rings. The second-order valence-electron chi connectivity index (χ2n) is 3.57. The predicted molar refractivity (Wildman–Crippen MR) is 61.3 cm³/mol. The van der Waals surface area contributed by atoms with Crippen molar-refractivity contribution in [3.63, 3.8) is 0 Å². The predicted octanol–water partition coefficient (Wildman–Crippen LogP) is 2.01. The zero-order valence-corrected chi connectivity index (χ0v) is 9.03. The summed E-state index contributed by atoms with van der Waals surface area (Å²) in [4.78, 5) is 0. The first-order valence-electron chi connectivity index (χ1n) is 4.92. The van der Waals surface area contributed by atoms with Gasteiger partial charge in [0.25, 0.3) is 0 Å². The Morgan fingerprint density at radius 3 is 1.89 bits per heavy atom. The Morgan fingerprint density at radius 2 is 1.28 bits per heavy atom. The molecule has 0 amide bonds. The molecule has 0 spiro atoms. The van der Waals surface area contributed by atoms with Crippen molar-refractivity contribution in [2.45, 2.75) is 0 Å². The topological polar surface area (TPSA) is 110 Å². The van der Waals surface area contributed by atoms with Crippen LogP contribution in [0.15, 0.2) is 30.3 Å². The summed E-state index contributed by atoms with van der Waals surface area (Å²) in [7, 11) is 0. The van der Waals surface area contributed by atoms with E-state index in [1.54, 1.807) is 0 Å². The van der Waals surface area contributed by atoms with E-state index < -0.39 is 11.5 Å². The van der Waals surface area contributed by atoms with Crippen molar-refractivity contribution in [1.82, 2.24) is 0 Å². The van der Waals surface area contributed by atoms with Gasteiger partial charge in [0, 0.05) is 18.2 Å². The molecule has 2 aromatic carbocycles. The molecule has 0 saturated carbocycles. The Labute approximate surface area is 102 Å². The number of hydrogen-bond acceptors (Lipinski definition) is 6. The second-order valence-corrected chi connectivity index (χ2v) is 3.57. The summed E-state index contributed by atoms with van der Waals surface area (Å²) in [5.74, 6) is -2.26. The highest BCUT2D eigenvalue weighted by molar-refractivity contribution is 5.57. The van der Waals surface area contributed by atoms with Crippen LogP contribution in [0.25, 0.3) is 0 Å². The maximum atomic E-state index is 9.50. The quantitative estimate of drug-likeness (QED) is 0.521. The van der Waals surface area contributed by atoms with Crippen LogP contribution in [-0.4, -0.2) is 25.5 Å². The second kappa shape index (κ2) is 4.25. The van der Waals surface area contributed by atoms with Gasteiger partial charge in [-0.3, -0.25) is 0 Å². The molecule has 0 aromatic heterocycles. The summed E-state index contributed by atoms with van der Waals surface area (Å²) in [5, 5.41) is 46.9. The minimum absolute atomic E-state index is 0.147. The van der Waals surface area contributed by atoms with Crippen LogP contribution in [-0.2, 0) is 0 Å². The average molecular weight is 250 g/mol. The van der Waals surface area contributed by atoms with Crippen LogP contribution in [0.3, 0.4) is 0 Å². The van der Waals surface area contributed by atoms with Gasteiger partial charge in [0.05, 0.1) is 0 Å². The molecular formula is C12H10O6. The van der Waals surface area contributed by atoms with Crippen molar-refractivity contribution < 1.29 is 30.3 Å². The lowest BCUT2D eigenvalue weighted by Crippen LogP contribution is -1.86. The van der Waals surface area contributed by atoms with Crippen molar-refractivity contribution in [2.24, 2.45) is 0 Å². The Hall–Kier alpha value is -2.76. The summed E-state index contributed by atoms with van der Waals surface area (Å²) >= 11 is 0. The van der Waals surface area contributed by atoms with E-state index in [4.69, 9.17) is 9.84 Å². The van der Waals surface area contributed by atoms with Crippen LogP contribution in [0.5, 0.6) is 40.2 Å². The molecule has 6 nitrogen and oxygen atoms in total. The molecule has 2 aromatic rings. The smallest absolute Gasteiger partial charge is 0.211 e. The molecule has 6 heteroatoms. The van der Waals surface area contributed by atoms with E-state index in [1.807, 2.05) is 0 Å². The van der Waals surface area contributed by atoms with Gasteiger partial charge >= 0.3 is 0 Å². The molecule has 0 unspecified atom stereocenters. The lowest BCUT2D eigenvalue weighted by molar-refractivity contribution is 0.353. The molecule has 0 heterocycles. The molecule has 2 rings (SSSR count). The van der Waals surface area contributed by atoms with Crippen LogP contribution in [0.2, 0.25) is 0 Å². The number of phenolic OH excluding ortho intramolecular Hbond substituents is 5. The first kappa shape index (κ1) is 11.7. The minimum atomic E-state index is -0.504. The van der Waals surface area contributed by atoms with Gasteiger partial charge in [-0.2, -0.15) is 0 Å². The van der Waals surface area contributed by atoms with Crippen molar-refractivity contribution in [3.8, 4) is 40.2 Å². The first-order valence-corrected chi connectivity index (χ1v) is 4.92. The summed E-state index contributed by atoms with van der Waals surface area (Å²) < 4.78 is 5.09. The minimum Gasteiger partial charge on any atom is -0.508 e. The number of aromatic hydroxyl groups is 5. The van der Waals surface area contributed by atoms with Gasteiger partial charge in [0.15, 0.2) is 23.0 Å². The zero-order valence-electron chi connectivity index (χ0n) is 9.03. The standard InChI is InChI=1S/C12H10O6/c13-6-1-2-8(15)11(5-6)18-12-9(16)3-7(14)4-10(12)17/h1-5,13-17H. The Morgan fingerprint density at radius 1 is 0.667 bits per heavy atom. The third kappa shape index (κ3) is 2.17. The van der Waals surface area contributed by atoms with Crippen molar-refractivity contribution in [3.05, 3.63) is 30.3 Å². The molecule has 18 heavy (non-hydrogen) atoms. The maximum absolute atomic E-state index is 9.50. The molecular weight excluding hydrogens is 240 g/mol. The first-order chi connectivity index (χ1) is 8.47. The van der Waals surface area contributed by atoms with Gasteiger partial charge in [-0.1, -0.05) is 0 Å². The van der Waals surface area contributed by atoms with E-state index in [1.165, 1.54) is 12.1 Å². The molecule has 0 saturated heterocycles. The maximum Gasteiger partial charge on any atom is 0.211 e. The van der Waals surface area contributed by atoms with E-state index in [2.05, 4.69) is 0 Å². The Balaban J connectivity index is 2.43. The molecule has 0 aliphatic rings. The number of benzene rings is 2. The number of ether oxygens (including phenoxy) is 1. The number of hydrogen-bond donors (Lipinski definition) is 5. The third-order valence-corrected chi connectivity index (χ3v) is 2.19. The molecule has 94 valence electrons. The lowest BCUT2D eigenvalue weighted by atomic mass is 10.2. The molecule has 5 N–H and O–H groups in total. The van der Waals surface area contributed by atoms with Gasteiger partial charge in [-0.25, -0.2) is 0 Å². The van der Waals surface area contributed by atoms with E-state index in [-0.39, 0.29) is 28.7 Å². The molecule has 0 bridgehead atoms. The fourth-order valence-electron chi connectivity index (χ4n) is 1.38. The summed E-state index contributed by atoms with van der Waals surface area (Å²) in [5.41, 5.74) is 0. The Kier molecular flexibility index (Phi) is 2.77. The summed E-state index contributed by atoms with van der Waals surface area (Å²) in [6.07, 6.45) is 0. The molecule has 0 atom stereocenters. The lowest BCUT2D eigenvalue weighted by Gasteiger charge is -2.11. The molecule has 0 radical (unpaired) electrons. The normalized spacial score (nSPS) is 10.2. The van der Waals surface area contributed by atoms with Crippen LogP contribution < -0.4 is 4.74 Å². The number of phenols is 5. The zero-order chi connectivity index (χ0) is 13.3. The van der Waals surface area contributed by atoms with Gasteiger partial charge < -0.3 is 30.3 Å². The van der Waals surface area contributed by atoms with Gasteiger partial charge in [-0.15, -0.1) is 0 Å². The summed E-state index contributed by atoms with van der Waals surface area (Å²) in [6.45, 7) is 0. The van der Waals surface area contributed by atoms with E-state index in [9.17, 15) is 20.4 Å². The van der Waals surface area contributed by atoms with Crippen molar-refractivity contribution >= 4 is 0 Å². The van der Waals surface area contributed by atoms with E-state index >= 15 is 0 Å².